The van der Waals surface area contributed by atoms with Gasteiger partial charge < -0.3 is 10.6 Å². The molecule has 3 rings (SSSR count). The van der Waals surface area contributed by atoms with E-state index < -0.39 is 21.7 Å². The maximum atomic E-state index is 13.0. The number of hydrogen-bond donors (Lipinski definition) is 3. The Bertz CT molecular complexity index is 1250. The normalized spacial score (nSPS) is 11.5. The second kappa shape index (κ2) is 9.41. The van der Waals surface area contributed by atoms with Crippen LogP contribution >= 0.6 is 0 Å². The molecule has 0 aliphatic rings. The average Bonchev–Trinajstić information content (AvgIpc) is 2.73. The van der Waals surface area contributed by atoms with Crippen LogP contribution in [0.1, 0.15) is 41.5 Å². The van der Waals surface area contributed by atoms with E-state index in [0.29, 0.717) is 16.8 Å². The van der Waals surface area contributed by atoms with E-state index in [2.05, 4.69) is 15.4 Å². The van der Waals surface area contributed by atoms with E-state index >= 15 is 0 Å². The summed E-state index contributed by atoms with van der Waals surface area (Å²) in [7, 11) is -3.88. The molecule has 0 saturated heterocycles. The van der Waals surface area contributed by atoms with Gasteiger partial charge in [0.2, 0.25) is 0 Å². The second-order valence-corrected chi connectivity index (χ2v) is 10.1. The summed E-state index contributed by atoms with van der Waals surface area (Å²) in [4.78, 5) is 24.6. The Morgan fingerprint density at radius 3 is 1.73 bits per heavy atom. The molecule has 0 unspecified atom stereocenters. The number of anilines is 2. The number of sulfonamides is 1. The van der Waals surface area contributed by atoms with Crippen LogP contribution in [0.4, 0.5) is 15.8 Å². The van der Waals surface area contributed by atoms with Gasteiger partial charge in [-0.3, -0.25) is 14.3 Å². The van der Waals surface area contributed by atoms with Crippen molar-refractivity contribution in [3.8, 4) is 0 Å². The summed E-state index contributed by atoms with van der Waals surface area (Å²) in [5.74, 6) is -1.14. The molecule has 0 bridgehead atoms. The molecular formula is C24H24FN3O4S. The number of hydrogen-bond acceptors (Lipinski definition) is 4. The van der Waals surface area contributed by atoms with Crippen LogP contribution in [0.3, 0.4) is 0 Å². The molecule has 2 amide bonds. The lowest BCUT2D eigenvalue weighted by molar-refractivity contribution is 0.0919. The Morgan fingerprint density at radius 2 is 1.21 bits per heavy atom. The van der Waals surface area contributed by atoms with Crippen molar-refractivity contribution in [2.75, 3.05) is 10.0 Å². The highest BCUT2D eigenvalue weighted by atomic mass is 32.2. The minimum atomic E-state index is -3.88. The Balaban J connectivity index is 1.63. The predicted octanol–water partition coefficient (Wildman–Crippen LogP) is 4.41. The molecule has 172 valence electrons. The molecule has 0 atom stereocenters. The zero-order valence-corrected chi connectivity index (χ0v) is 19.2. The van der Waals surface area contributed by atoms with Gasteiger partial charge in [0.05, 0.1) is 4.90 Å². The molecule has 3 N–H and O–H groups in total. The summed E-state index contributed by atoms with van der Waals surface area (Å²) >= 11 is 0. The SMILES string of the molecule is CC(C)(C)NC(=O)c1ccc(NC(=O)c2ccc(NS(=O)(=O)c3ccc(F)cc3)cc2)cc1. The van der Waals surface area contributed by atoms with Gasteiger partial charge in [0.1, 0.15) is 5.82 Å². The maximum absolute atomic E-state index is 13.0. The third-order valence-electron chi connectivity index (χ3n) is 4.42. The van der Waals surface area contributed by atoms with E-state index in [9.17, 15) is 22.4 Å². The molecule has 0 heterocycles. The zero-order valence-electron chi connectivity index (χ0n) is 18.3. The quantitative estimate of drug-likeness (QED) is 0.497. The third-order valence-corrected chi connectivity index (χ3v) is 5.81. The van der Waals surface area contributed by atoms with Gasteiger partial charge in [-0.1, -0.05) is 0 Å². The van der Waals surface area contributed by atoms with E-state index in [1.807, 2.05) is 20.8 Å². The lowest BCUT2D eigenvalue weighted by Crippen LogP contribution is -2.40. The summed E-state index contributed by atoms with van der Waals surface area (Å²) in [6.07, 6.45) is 0. The summed E-state index contributed by atoms with van der Waals surface area (Å²) in [6.45, 7) is 5.66. The summed E-state index contributed by atoms with van der Waals surface area (Å²) in [5, 5.41) is 5.59. The first-order valence-electron chi connectivity index (χ1n) is 10.1. The van der Waals surface area contributed by atoms with Crippen molar-refractivity contribution in [2.24, 2.45) is 0 Å². The van der Waals surface area contributed by atoms with E-state index in [0.717, 1.165) is 24.3 Å². The monoisotopic (exact) mass is 469 g/mol. The molecule has 0 fully saturated rings. The maximum Gasteiger partial charge on any atom is 0.261 e. The zero-order chi connectivity index (χ0) is 24.2. The molecule has 0 radical (unpaired) electrons. The molecular weight excluding hydrogens is 445 g/mol. The van der Waals surface area contributed by atoms with Crippen molar-refractivity contribution in [2.45, 2.75) is 31.2 Å². The molecule has 3 aromatic carbocycles. The smallest absolute Gasteiger partial charge is 0.261 e. The number of carbonyl (C=O) groups excluding carboxylic acids is 2. The fraction of sp³-hybridized carbons (Fsp3) is 0.167. The molecule has 0 aromatic heterocycles. The van der Waals surface area contributed by atoms with Crippen molar-refractivity contribution in [1.82, 2.24) is 5.32 Å². The molecule has 9 heteroatoms. The van der Waals surface area contributed by atoms with Gasteiger partial charge in [0.15, 0.2) is 0 Å². The molecule has 0 saturated carbocycles. The standard InChI is InChI=1S/C24H24FN3O4S/c1-24(2,3)27-23(30)17-4-10-19(11-5-17)26-22(29)16-6-12-20(13-7-16)28-33(31,32)21-14-8-18(25)9-15-21/h4-15,28H,1-3H3,(H,26,29)(H,27,30). The number of benzene rings is 3. The first-order valence-corrected chi connectivity index (χ1v) is 11.5. The van der Waals surface area contributed by atoms with Crippen molar-refractivity contribution in [3.05, 3.63) is 89.7 Å². The lowest BCUT2D eigenvalue weighted by atomic mass is 10.1. The summed E-state index contributed by atoms with van der Waals surface area (Å²) in [6, 6.07) is 16.8. The van der Waals surface area contributed by atoms with Gasteiger partial charge in [0.25, 0.3) is 21.8 Å². The van der Waals surface area contributed by atoms with Crippen LogP contribution in [-0.2, 0) is 10.0 Å². The van der Waals surface area contributed by atoms with Crippen LogP contribution < -0.4 is 15.4 Å². The molecule has 7 nitrogen and oxygen atoms in total. The molecule has 0 aliphatic carbocycles. The largest absolute Gasteiger partial charge is 0.347 e. The van der Waals surface area contributed by atoms with Crippen LogP contribution in [0.25, 0.3) is 0 Å². The van der Waals surface area contributed by atoms with E-state index in [-0.39, 0.29) is 22.0 Å². The molecule has 0 aliphatic heterocycles. The van der Waals surface area contributed by atoms with Crippen molar-refractivity contribution in [1.29, 1.82) is 0 Å². The Labute approximate surface area is 192 Å². The van der Waals surface area contributed by atoms with Gasteiger partial charge in [-0.25, -0.2) is 12.8 Å². The third kappa shape index (κ3) is 6.63. The number of amides is 2. The van der Waals surface area contributed by atoms with Crippen molar-refractivity contribution < 1.29 is 22.4 Å². The highest BCUT2D eigenvalue weighted by molar-refractivity contribution is 7.92. The summed E-state index contributed by atoms with van der Waals surface area (Å²) < 4.78 is 40.2. The van der Waals surface area contributed by atoms with Gasteiger partial charge in [0, 0.05) is 28.0 Å². The molecule has 0 spiro atoms. The van der Waals surface area contributed by atoms with Crippen LogP contribution in [0.2, 0.25) is 0 Å². The van der Waals surface area contributed by atoms with Crippen molar-refractivity contribution >= 4 is 33.2 Å². The van der Waals surface area contributed by atoms with E-state index in [4.69, 9.17) is 0 Å². The fourth-order valence-corrected chi connectivity index (χ4v) is 3.90. The minimum absolute atomic E-state index is 0.0784. The van der Waals surface area contributed by atoms with Crippen LogP contribution in [0, 0.1) is 5.82 Å². The Morgan fingerprint density at radius 1 is 0.727 bits per heavy atom. The Kier molecular flexibility index (Phi) is 6.83. The number of rotatable bonds is 6. The first-order chi connectivity index (χ1) is 15.4. The first kappa shape index (κ1) is 23.9. The highest BCUT2D eigenvalue weighted by Crippen LogP contribution is 2.18. The van der Waals surface area contributed by atoms with Gasteiger partial charge >= 0.3 is 0 Å². The van der Waals surface area contributed by atoms with Crippen LogP contribution in [-0.4, -0.2) is 25.8 Å². The van der Waals surface area contributed by atoms with Crippen molar-refractivity contribution in [3.63, 3.8) is 0 Å². The average molecular weight is 470 g/mol. The number of halogens is 1. The lowest BCUT2D eigenvalue weighted by Gasteiger charge is -2.20. The van der Waals surface area contributed by atoms with Gasteiger partial charge in [-0.2, -0.15) is 0 Å². The molecule has 3 aromatic rings. The number of nitrogens with one attached hydrogen (secondary N) is 3. The second-order valence-electron chi connectivity index (χ2n) is 8.37. The fourth-order valence-electron chi connectivity index (χ4n) is 2.84. The van der Waals surface area contributed by atoms with E-state index in [1.165, 1.54) is 24.3 Å². The highest BCUT2D eigenvalue weighted by Gasteiger charge is 2.16. The minimum Gasteiger partial charge on any atom is -0.347 e. The van der Waals surface area contributed by atoms with Gasteiger partial charge in [-0.05, 0) is 93.6 Å². The molecule has 33 heavy (non-hydrogen) atoms. The topological polar surface area (TPSA) is 104 Å². The number of carbonyl (C=O) groups is 2. The predicted molar refractivity (Wildman–Crippen MR) is 125 cm³/mol. The van der Waals surface area contributed by atoms with Crippen LogP contribution in [0.5, 0.6) is 0 Å². The van der Waals surface area contributed by atoms with Crippen LogP contribution in [0.15, 0.2) is 77.7 Å². The van der Waals surface area contributed by atoms with E-state index in [1.54, 1.807) is 24.3 Å². The summed E-state index contributed by atoms with van der Waals surface area (Å²) in [5.41, 5.74) is 1.19. The van der Waals surface area contributed by atoms with Gasteiger partial charge in [-0.15, -0.1) is 0 Å². The Hall–Kier alpha value is -3.72.